The maximum Gasteiger partial charge on any atom is 0.263 e. The summed E-state index contributed by atoms with van der Waals surface area (Å²) in [5, 5.41) is 14.6. The molecule has 54 heavy (non-hydrogen) atoms. The van der Waals surface area contributed by atoms with E-state index in [-0.39, 0.29) is 28.8 Å². The number of carbonyl (C=O) groups is 2. The Labute approximate surface area is 315 Å². The first-order valence-electron chi connectivity index (χ1n) is 19.8. The van der Waals surface area contributed by atoms with Crippen molar-refractivity contribution < 1.29 is 9.59 Å². The molecule has 2 amide bonds. The molecule has 1 spiro atoms. The molecule has 5 fully saturated rings. The van der Waals surface area contributed by atoms with E-state index in [1.54, 1.807) is 17.8 Å². The first-order valence-corrected chi connectivity index (χ1v) is 19.8. The van der Waals surface area contributed by atoms with Crippen LogP contribution in [0.25, 0.3) is 10.9 Å². The number of hydrogen-bond donors (Lipinski definition) is 3. The number of aromatic nitrogens is 6. The number of piperidine rings is 2. The van der Waals surface area contributed by atoms with Gasteiger partial charge in [0, 0.05) is 63.8 Å². The van der Waals surface area contributed by atoms with Gasteiger partial charge in [0.2, 0.25) is 17.8 Å². The van der Waals surface area contributed by atoms with E-state index >= 15 is 0 Å². The highest BCUT2D eigenvalue weighted by Gasteiger charge is 2.42. The van der Waals surface area contributed by atoms with E-state index in [0.29, 0.717) is 47.0 Å². The number of fused-ring (bicyclic) bond motifs is 1. The number of anilines is 4. The van der Waals surface area contributed by atoms with Gasteiger partial charge in [0.1, 0.15) is 17.0 Å². The number of nitrogens with zero attached hydrogens (tertiary/aromatic N) is 8. The molecule has 3 aliphatic heterocycles. The van der Waals surface area contributed by atoms with Crippen LogP contribution in [0, 0.1) is 11.3 Å². The third-order valence-corrected chi connectivity index (χ3v) is 13.0. The van der Waals surface area contributed by atoms with Gasteiger partial charge in [-0.05, 0) is 107 Å². The van der Waals surface area contributed by atoms with Crippen molar-refractivity contribution in [3.63, 3.8) is 0 Å². The number of carbonyl (C=O) groups excluding carboxylic acids is 2. The van der Waals surface area contributed by atoms with Crippen LogP contribution < -0.4 is 26.4 Å². The highest BCUT2D eigenvalue weighted by atomic mass is 16.2. The third kappa shape index (κ3) is 7.07. The zero-order valence-corrected chi connectivity index (χ0v) is 31.4. The monoisotopic (exact) mass is 733 g/mol. The van der Waals surface area contributed by atoms with Crippen LogP contribution in [-0.2, 0) is 16.6 Å². The summed E-state index contributed by atoms with van der Waals surface area (Å²) in [6.07, 6.45) is 18.8. The standard InChI is InChI=1S/C40H51N11O3/c1-39(12-13-39)47-35-34-31(11-17-48(2)37(34)54)44-38(46-35)43-28-22-42-51(24-28)29-6-3-26(4-7-29)23-49-18-14-40(25-49)15-19-50(20-16-40)32-9-5-27(21-41-32)30-8-10-33(52)45-36(30)53/h5,9,11,17,21-22,24,26,29-30H,3-4,6-8,10,12-16,18-20,23,25H2,1-2H3,(H,45,52,53)(H2,43,44,46,47). The van der Waals surface area contributed by atoms with E-state index < -0.39 is 0 Å². The van der Waals surface area contributed by atoms with Gasteiger partial charge in [0.25, 0.3) is 5.56 Å². The molecular formula is C40H51N11O3. The van der Waals surface area contributed by atoms with Gasteiger partial charge >= 0.3 is 0 Å². The van der Waals surface area contributed by atoms with Crippen molar-refractivity contribution in [1.82, 2.24) is 39.5 Å². The Morgan fingerprint density at radius 1 is 0.926 bits per heavy atom. The molecule has 284 valence electrons. The lowest BCUT2D eigenvalue weighted by Crippen LogP contribution is -2.42. The SMILES string of the molecule is Cn1ccc2nc(Nc3cnn(C4CCC(CN5CCC6(CCN(c7ccc(C8CCC(=O)NC8=O)cn7)CC6)C5)CC4)c3)nc(NC3(C)CC3)c2c1=O. The third-order valence-electron chi connectivity index (χ3n) is 13.0. The molecule has 1 unspecified atom stereocenters. The van der Waals surface area contributed by atoms with E-state index in [1.165, 1.54) is 51.7 Å². The van der Waals surface area contributed by atoms with Gasteiger partial charge in [0.05, 0.1) is 29.4 Å². The van der Waals surface area contributed by atoms with Crippen LogP contribution in [-0.4, -0.2) is 84.3 Å². The van der Waals surface area contributed by atoms with Crippen molar-refractivity contribution in [1.29, 1.82) is 0 Å². The second-order valence-electron chi connectivity index (χ2n) is 17.0. The van der Waals surface area contributed by atoms with Crippen molar-refractivity contribution in [2.45, 2.75) is 95.1 Å². The highest BCUT2D eigenvalue weighted by Crippen LogP contribution is 2.43. The summed E-state index contributed by atoms with van der Waals surface area (Å²) in [5.74, 6) is 2.04. The number of imide groups is 1. The van der Waals surface area contributed by atoms with E-state index in [4.69, 9.17) is 20.1 Å². The van der Waals surface area contributed by atoms with Crippen LogP contribution in [0.5, 0.6) is 0 Å². The summed E-state index contributed by atoms with van der Waals surface area (Å²) >= 11 is 0. The summed E-state index contributed by atoms with van der Waals surface area (Å²) in [7, 11) is 1.75. The van der Waals surface area contributed by atoms with Crippen molar-refractivity contribution in [3.8, 4) is 0 Å². The predicted molar refractivity (Wildman–Crippen MR) is 207 cm³/mol. The van der Waals surface area contributed by atoms with Crippen molar-refractivity contribution in [2.24, 2.45) is 18.4 Å². The van der Waals surface area contributed by atoms with E-state index in [1.807, 2.05) is 30.6 Å². The van der Waals surface area contributed by atoms with Crippen molar-refractivity contribution >= 4 is 46.0 Å². The van der Waals surface area contributed by atoms with Crippen LogP contribution in [0.3, 0.4) is 0 Å². The first-order chi connectivity index (χ1) is 26.1. The van der Waals surface area contributed by atoms with Crippen molar-refractivity contribution in [3.05, 3.63) is 58.9 Å². The average molecular weight is 734 g/mol. The number of pyridine rings is 2. The molecule has 14 heteroatoms. The fourth-order valence-corrected chi connectivity index (χ4v) is 9.27. The zero-order valence-electron chi connectivity index (χ0n) is 31.4. The fraction of sp³-hybridized carbons (Fsp3) is 0.575. The molecule has 0 bridgehead atoms. The molecule has 9 rings (SSSR count). The molecule has 2 aliphatic carbocycles. The first kappa shape index (κ1) is 34.9. The Hall–Kier alpha value is -4.85. The molecule has 0 aromatic carbocycles. The second kappa shape index (κ2) is 13.8. The predicted octanol–water partition coefficient (Wildman–Crippen LogP) is 4.87. The molecule has 4 aromatic rings. The zero-order chi connectivity index (χ0) is 37.0. The van der Waals surface area contributed by atoms with Gasteiger partial charge in [-0.1, -0.05) is 6.07 Å². The summed E-state index contributed by atoms with van der Waals surface area (Å²) in [4.78, 5) is 56.2. The minimum absolute atomic E-state index is 0.0341. The molecule has 3 N–H and O–H groups in total. The Balaban J connectivity index is 0.752. The molecule has 0 radical (unpaired) electrons. The highest BCUT2D eigenvalue weighted by molar-refractivity contribution is 6.00. The summed E-state index contributed by atoms with van der Waals surface area (Å²) < 4.78 is 3.68. The van der Waals surface area contributed by atoms with Crippen LogP contribution in [0.15, 0.2) is 47.8 Å². The molecule has 1 atom stereocenters. The molecular weight excluding hydrogens is 683 g/mol. The number of aryl methyl sites for hydroxylation is 1. The Morgan fingerprint density at radius 2 is 1.72 bits per heavy atom. The lowest BCUT2D eigenvalue weighted by atomic mass is 9.77. The number of hydrogen-bond acceptors (Lipinski definition) is 11. The Kier molecular flexibility index (Phi) is 8.90. The van der Waals surface area contributed by atoms with Crippen LogP contribution in [0.4, 0.5) is 23.3 Å². The number of nitrogens with one attached hydrogen (secondary N) is 3. The fourth-order valence-electron chi connectivity index (χ4n) is 9.27. The maximum absolute atomic E-state index is 13.0. The van der Waals surface area contributed by atoms with Crippen LogP contribution in [0.2, 0.25) is 0 Å². The second-order valence-corrected chi connectivity index (χ2v) is 17.0. The Bertz CT molecular complexity index is 2110. The number of rotatable bonds is 9. The van der Waals surface area contributed by atoms with Gasteiger partial charge in [-0.25, -0.2) is 9.97 Å². The Morgan fingerprint density at radius 3 is 2.46 bits per heavy atom. The van der Waals surface area contributed by atoms with Gasteiger partial charge < -0.3 is 25.0 Å². The summed E-state index contributed by atoms with van der Waals surface area (Å²) in [6.45, 7) is 7.74. The van der Waals surface area contributed by atoms with Crippen molar-refractivity contribution in [2.75, 3.05) is 48.3 Å². The quantitative estimate of drug-likeness (QED) is 0.202. The van der Waals surface area contributed by atoms with Crippen LogP contribution >= 0.6 is 0 Å². The van der Waals surface area contributed by atoms with E-state index in [9.17, 15) is 14.4 Å². The number of likely N-dealkylation sites (tertiary alicyclic amines) is 1. The molecule has 7 heterocycles. The van der Waals surface area contributed by atoms with Gasteiger partial charge in [0.15, 0.2) is 0 Å². The molecule has 4 aromatic heterocycles. The largest absolute Gasteiger partial charge is 0.364 e. The van der Waals surface area contributed by atoms with E-state index in [2.05, 4.69) is 43.6 Å². The maximum atomic E-state index is 13.0. The van der Waals surface area contributed by atoms with Gasteiger partial charge in [-0.2, -0.15) is 10.1 Å². The van der Waals surface area contributed by atoms with Gasteiger partial charge in [-0.15, -0.1) is 0 Å². The molecule has 3 saturated heterocycles. The van der Waals surface area contributed by atoms with Crippen LogP contribution in [0.1, 0.15) is 95.1 Å². The lowest BCUT2D eigenvalue weighted by Gasteiger charge is -2.40. The molecule has 2 saturated carbocycles. The number of amides is 2. The molecule has 5 aliphatic rings. The normalized spacial score (nSPS) is 25.2. The average Bonchev–Trinajstić information content (AvgIpc) is 3.51. The topological polar surface area (TPSA) is 155 Å². The lowest BCUT2D eigenvalue weighted by molar-refractivity contribution is -0.134. The summed E-state index contributed by atoms with van der Waals surface area (Å²) in [5.41, 5.74) is 2.61. The minimum Gasteiger partial charge on any atom is -0.364 e. The summed E-state index contributed by atoms with van der Waals surface area (Å²) in [6, 6.07) is 6.30. The smallest absolute Gasteiger partial charge is 0.263 e. The molecule has 14 nitrogen and oxygen atoms in total. The minimum atomic E-state index is -0.293. The van der Waals surface area contributed by atoms with Gasteiger partial charge in [-0.3, -0.25) is 24.4 Å². The van der Waals surface area contributed by atoms with E-state index in [0.717, 1.165) is 61.8 Å².